The first-order valence-electron chi connectivity index (χ1n) is 11.2. The van der Waals surface area contributed by atoms with Gasteiger partial charge in [0.15, 0.2) is 0 Å². The van der Waals surface area contributed by atoms with Crippen molar-refractivity contribution in [2.45, 2.75) is 58.3 Å². The van der Waals surface area contributed by atoms with Crippen molar-refractivity contribution in [3.05, 3.63) is 39.3 Å². The van der Waals surface area contributed by atoms with Gasteiger partial charge in [-0.05, 0) is 50.9 Å². The van der Waals surface area contributed by atoms with Crippen LogP contribution in [0.5, 0.6) is 0 Å². The van der Waals surface area contributed by atoms with Gasteiger partial charge in [-0.15, -0.1) is 11.3 Å². The Labute approximate surface area is 201 Å². The van der Waals surface area contributed by atoms with Gasteiger partial charge in [-0.3, -0.25) is 14.4 Å². The number of aromatic nitrogens is 2. The number of amides is 1. The molecule has 1 saturated heterocycles. The Morgan fingerprint density at radius 1 is 1.26 bits per heavy atom. The smallest absolute Gasteiger partial charge is 0.475 e. The summed E-state index contributed by atoms with van der Waals surface area (Å²) in [5, 5.41) is 12.0. The van der Waals surface area contributed by atoms with E-state index in [4.69, 9.17) is 15.0 Å². The van der Waals surface area contributed by atoms with E-state index in [1.54, 1.807) is 0 Å². The lowest BCUT2D eigenvalue weighted by molar-refractivity contribution is -0.192. The average molecular weight is 501 g/mol. The summed E-state index contributed by atoms with van der Waals surface area (Å²) in [6.45, 7) is 11.4. The van der Waals surface area contributed by atoms with Crippen LogP contribution in [0.4, 0.5) is 13.2 Å². The highest BCUT2D eigenvalue weighted by Crippen LogP contribution is 2.41. The highest BCUT2D eigenvalue weighted by molar-refractivity contribution is 7.11. The molecule has 1 spiro atoms. The number of hydrogen-bond donors (Lipinski definition) is 1. The minimum atomic E-state index is -5.08. The number of carboxylic acid groups (broad SMARTS) is 1. The van der Waals surface area contributed by atoms with Crippen molar-refractivity contribution in [1.29, 1.82) is 0 Å². The van der Waals surface area contributed by atoms with Crippen LogP contribution in [0.1, 0.15) is 52.5 Å². The molecule has 2 aromatic rings. The van der Waals surface area contributed by atoms with Crippen LogP contribution in [0.25, 0.3) is 0 Å². The van der Waals surface area contributed by atoms with Crippen molar-refractivity contribution in [3.63, 3.8) is 0 Å². The van der Waals surface area contributed by atoms with Crippen LogP contribution in [0.2, 0.25) is 0 Å². The van der Waals surface area contributed by atoms with E-state index in [-0.39, 0.29) is 11.3 Å². The van der Waals surface area contributed by atoms with Gasteiger partial charge < -0.3 is 10.0 Å². The van der Waals surface area contributed by atoms with Crippen molar-refractivity contribution in [2.75, 3.05) is 26.7 Å². The number of fused-ring (bicyclic) bond motifs is 2. The van der Waals surface area contributed by atoms with E-state index >= 15 is 0 Å². The summed E-state index contributed by atoms with van der Waals surface area (Å²) in [6, 6.07) is 4.46. The molecule has 2 aliphatic heterocycles. The molecule has 0 saturated carbocycles. The second kappa shape index (κ2) is 10.1. The summed E-state index contributed by atoms with van der Waals surface area (Å²) >= 11 is 1.90. The van der Waals surface area contributed by atoms with Crippen molar-refractivity contribution in [1.82, 2.24) is 19.6 Å². The zero-order chi connectivity index (χ0) is 25.3. The lowest BCUT2D eigenvalue weighted by atomic mass is 9.72. The molecule has 1 N–H and O–H groups in total. The molecule has 7 nitrogen and oxygen atoms in total. The molecule has 188 valence electrons. The molecule has 0 unspecified atom stereocenters. The summed E-state index contributed by atoms with van der Waals surface area (Å²) in [7, 11) is 1.94. The van der Waals surface area contributed by atoms with Crippen molar-refractivity contribution >= 4 is 23.2 Å². The molecule has 4 heterocycles. The average Bonchev–Trinajstić information content (AvgIpc) is 3.34. The first kappa shape index (κ1) is 26.2. The van der Waals surface area contributed by atoms with E-state index < -0.39 is 12.1 Å². The SMILES string of the molecule is Cc1ccc(CN2CCC3(CC2)CN(C)C(=O)c2cn(CC(C)C)nc23)s1.O=C(O)C(F)(F)F. The highest BCUT2D eigenvalue weighted by atomic mass is 32.1. The van der Waals surface area contributed by atoms with Gasteiger partial charge in [0.2, 0.25) is 0 Å². The number of thiophene rings is 1. The van der Waals surface area contributed by atoms with Gasteiger partial charge >= 0.3 is 12.1 Å². The number of aryl methyl sites for hydroxylation is 1. The molecule has 1 amide bonds. The third-order valence-electron chi connectivity index (χ3n) is 6.16. The normalized spacial score (nSPS) is 18.1. The monoisotopic (exact) mass is 500 g/mol. The zero-order valence-corrected chi connectivity index (χ0v) is 20.7. The Morgan fingerprint density at radius 2 is 1.88 bits per heavy atom. The Kier molecular flexibility index (Phi) is 7.76. The predicted molar refractivity (Wildman–Crippen MR) is 123 cm³/mol. The first-order chi connectivity index (χ1) is 15.8. The van der Waals surface area contributed by atoms with Crippen LogP contribution >= 0.6 is 11.3 Å². The summed E-state index contributed by atoms with van der Waals surface area (Å²) in [6.07, 6.45) is -0.961. The number of likely N-dealkylation sites (N-methyl/N-ethyl adjacent to an activating group) is 1. The summed E-state index contributed by atoms with van der Waals surface area (Å²) in [5.41, 5.74) is 1.90. The number of halogens is 3. The van der Waals surface area contributed by atoms with Gasteiger partial charge in [0.1, 0.15) is 0 Å². The molecular weight excluding hydrogens is 469 g/mol. The van der Waals surface area contributed by atoms with E-state index in [2.05, 4.69) is 37.8 Å². The van der Waals surface area contributed by atoms with Crippen LogP contribution in [0.15, 0.2) is 18.3 Å². The number of carbonyl (C=O) groups is 2. The second-order valence-corrected chi connectivity index (χ2v) is 10.9. The molecule has 0 bridgehead atoms. The molecule has 11 heteroatoms. The molecule has 2 aromatic heterocycles. The largest absolute Gasteiger partial charge is 0.490 e. The maximum Gasteiger partial charge on any atom is 0.490 e. The summed E-state index contributed by atoms with van der Waals surface area (Å²) in [4.78, 5) is 28.9. The number of hydrogen-bond acceptors (Lipinski definition) is 5. The number of alkyl halides is 3. The van der Waals surface area contributed by atoms with E-state index in [0.717, 1.165) is 56.8 Å². The number of rotatable bonds is 4. The fraction of sp³-hybridized carbons (Fsp3) is 0.609. The number of carboxylic acids is 1. The van der Waals surface area contributed by atoms with Gasteiger partial charge in [-0.25, -0.2) is 4.79 Å². The summed E-state index contributed by atoms with van der Waals surface area (Å²) in [5.74, 6) is -2.11. The van der Waals surface area contributed by atoms with E-state index in [0.29, 0.717) is 5.92 Å². The fourth-order valence-corrected chi connectivity index (χ4v) is 5.50. The van der Waals surface area contributed by atoms with Crippen LogP contribution in [0.3, 0.4) is 0 Å². The highest BCUT2D eigenvalue weighted by Gasteiger charge is 2.46. The van der Waals surface area contributed by atoms with Gasteiger partial charge in [0.25, 0.3) is 5.91 Å². The summed E-state index contributed by atoms with van der Waals surface area (Å²) < 4.78 is 33.7. The lowest BCUT2D eigenvalue weighted by Crippen LogP contribution is -2.53. The molecule has 0 aliphatic carbocycles. The quantitative estimate of drug-likeness (QED) is 0.682. The minimum absolute atomic E-state index is 0.0160. The van der Waals surface area contributed by atoms with Crippen molar-refractivity contribution in [2.24, 2.45) is 5.92 Å². The molecular formula is C23H31F3N4O3S. The molecule has 2 aliphatic rings. The molecule has 4 rings (SSSR count). The second-order valence-electron chi connectivity index (χ2n) is 9.54. The Bertz CT molecular complexity index is 1020. The Morgan fingerprint density at radius 3 is 2.38 bits per heavy atom. The van der Waals surface area contributed by atoms with E-state index in [1.165, 1.54) is 9.75 Å². The van der Waals surface area contributed by atoms with E-state index in [1.807, 2.05) is 34.2 Å². The Balaban J connectivity index is 0.000000406. The fourth-order valence-electron chi connectivity index (χ4n) is 4.57. The topological polar surface area (TPSA) is 78.7 Å². The molecule has 34 heavy (non-hydrogen) atoms. The number of nitrogens with zero attached hydrogens (tertiary/aromatic N) is 4. The lowest BCUT2D eigenvalue weighted by Gasteiger charge is -2.45. The minimum Gasteiger partial charge on any atom is -0.475 e. The Hall–Kier alpha value is -2.40. The number of likely N-dealkylation sites (tertiary alicyclic amines) is 1. The molecule has 0 radical (unpaired) electrons. The number of carbonyl (C=O) groups excluding carboxylic acids is 1. The van der Waals surface area contributed by atoms with E-state index in [9.17, 15) is 18.0 Å². The molecule has 1 fully saturated rings. The van der Waals surface area contributed by atoms with Gasteiger partial charge in [-0.2, -0.15) is 18.3 Å². The third kappa shape index (κ3) is 5.99. The number of piperidine rings is 1. The van der Waals surface area contributed by atoms with Crippen LogP contribution in [-0.2, 0) is 23.3 Å². The number of aliphatic carboxylic acids is 1. The third-order valence-corrected chi connectivity index (χ3v) is 7.15. The van der Waals surface area contributed by atoms with Crippen molar-refractivity contribution < 1.29 is 27.9 Å². The predicted octanol–water partition coefficient (Wildman–Crippen LogP) is 4.16. The first-order valence-corrected chi connectivity index (χ1v) is 12.0. The molecule has 0 atom stereocenters. The standard InChI is InChI=1S/C21H30N4OS.C2HF3O2/c1-15(2)11-25-13-18-19(22-25)21(14-23(4)20(18)26)7-9-24(10-8-21)12-17-6-5-16(3)27-17;3-2(4,5)1(6)7/h5-6,13,15H,7-12,14H2,1-4H3;(H,6,7). The van der Waals surface area contributed by atoms with Crippen LogP contribution < -0.4 is 0 Å². The van der Waals surface area contributed by atoms with Crippen LogP contribution in [0, 0.1) is 12.8 Å². The maximum absolute atomic E-state index is 12.7. The zero-order valence-electron chi connectivity index (χ0n) is 19.9. The maximum atomic E-state index is 12.7. The van der Waals surface area contributed by atoms with Crippen molar-refractivity contribution in [3.8, 4) is 0 Å². The molecule has 0 aromatic carbocycles. The van der Waals surface area contributed by atoms with Gasteiger partial charge in [0, 0.05) is 48.0 Å². The van der Waals surface area contributed by atoms with Crippen LogP contribution in [-0.4, -0.2) is 69.4 Å². The van der Waals surface area contributed by atoms with Gasteiger partial charge in [-0.1, -0.05) is 13.8 Å². The van der Waals surface area contributed by atoms with Gasteiger partial charge in [0.05, 0.1) is 11.3 Å².